The van der Waals surface area contributed by atoms with Gasteiger partial charge < -0.3 is 10.1 Å². The highest BCUT2D eigenvalue weighted by molar-refractivity contribution is 8.00. The summed E-state index contributed by atoms with van der Waals surface area (Å²) in [6.07, 6.45) is 7.70. The minimum Gasteiger partial charge on any atom is -0.468 e. The zero-order valence-electron chi connectivity index (χ0n) is 11.7. The molecule has 19 heavy (non-hydrogen) atoms. The molecule has 2 rings (SSSR count). The van der Waals surface area contributed by atoms with E-state index in [-0.39, 0.29) is 5.97 Å². The lowest BCUT2D eigenvalue weighted by Crippen LogP contribution is -2.54. The Labute approximate surface area is 118 Å². The van der Waals surface area contributed by atoms with Crippen molar-refractivity contribution in [2.45, 2.75) is 41.4 Å². The standard InChI is InChI=1S/C13H21N3O2S/c1-14-13(12(17)18-3)6-4-5-10(7-13)19-11-8-15-16(2)9-11/h8-10,14H,4-7H2,1-3H3. The first-order valence-electron chi connectivity index (χ1n) is 6.52. The van der Waals surface area contributed by atoms with Gasteiger partial charge in [0.15, 0.2) is 0 Å². The van der Waals surface area contributed by atoms with Gasteiger partial charge in [-0.05, 0) is 32.7 Å². The fourth-order valence-electron chi connectivity index (χ4n) is 2.69. The van der Waals surface area contributed by atoms with Gasteiger partial charge in [-0.15, -0.1) is 11.8 Å². The molecule has 2 unspecified atom stereocenters. The third-order valence-corrected chi connectivity index (χ3v) is 4.96. The van der Waals surface area contributed by atoms with Gasteiger partial charge in [-0.2, -0.15) is 5.10 Å². The van der Waals surface area contributed by atoms with Crippen molar-refractivity contribution in [1.82, 2.24) is 15.1 Å². The number of carbonyl (C=O) groups excluding carboxylic acids is 1. The third-order valence-electron chi connectivity index (χ3n) is 3.74. The number of nitrogens with zero attached hydrogens (tertiary/aromatic N) is 2. The van der Waals surface area contributed by atoms with Crippen molar-refractivity contribution in [2.24, 2.45) is 7.05 Å². The van der Waals surface area contributed by atoms with Gasteiger partial charge in [-0.3, -0.25) is 9.48 Å². The normalized spacial score (nSPS) is 27.2. The molecule has 0 spiro atoms. The molecule has 1 saturated carbocycles. The van der Waals surface area contributed by atoms with Crippen molar-refractivity contribution in [1.29, 1.82) is 0 Å². The van der Waals surface area contributed by atoms with Crippen LogP contribution in [0.2, 0.25) is 0 Å². The Morgan fingerprint density at radius 2 is 2.47 bits per heavy atom. The summed E-state index contributed by atoms with van der Waals surface area (Å²) in [5.74, 6) is -0.147. The number of carbonyl (C=O) groups is 1. The summed E-state index contributed by atoms with van der Waals surface area (Å²) in [5.41, 5.74) is -0.521. The van der Waals surface area contributed by atoms with Crippen molar-refractivity contribution in [3.63, 3.8) is 0 Å². The largest absolute Gasteiger partial charge is 0.468 e. The van der Waals surface area contributed by atoms with Gasteiger partial charge in [0.25, 0.3) is 0 Å². The molecule has 1 N–H and O–H groups in total. The number of aryl methyl sites for hydroxylation is 1. The van der Waals surface area contributed by atoms with E-state index in [1.807, 2.05) is 26.5 Å². The smallest absolute Gasteiger partial charge is 0.326 e. The predicted octanol–water partition coefficient (Wildman–Crippen LogP) is 1.59. The van der Waals surface area contributed by atoms with Gasteiger partial charge in [-0.1, -0.05) is 0 Å². The van der Waals surface area contributed by atoms with E-state index in [2.05, 4.69) is 10.4 Å². The van der Waals surface area contributed by atoms with Gasteiger partial charge in [-0.25, -0.2) is 0 Å². The quantitative estimate of drug-likeness (QED) is 0.850. The summed E-state index contributed by atoms with van der Waals surface area (Å²) >= 11 is 1.80. The summed E-state index contributed by atoms with van der Waals surface area (Å²) in [4.78, 5) is 13.2. The number of rotatable bonds is 4. The molecule has 1 heterocycles. The lowest BCUT2D eigenvalue weighted by atomic mass is 9.81. The fraction of sp³-hybridized carbons (Fsp3) is 0.692. The highest BCUT2D eigenvalue weighted by Gasteiger charge is 2.42. The molecular formula is C13H21N3O2S. The van der Waals surface area contributed by atoms with Crippen molar-refractivity contribution >= 4 is 17.7 Å². The van der Waals surface area contributed by atoms with Gasteiger partial charge in [0.2, 0.25) is 0 Å². The van der Waals surface area contributed by atoms with Crippen molar-refractivity contribution < 1.29 is 9.53 Å². The molecule has 0 amide bonds. The van der Waals surface area contributed by atoms with Crippen LogP contribution in [0.5, 0.6) is 0 Å². The van der Waals surface area contributed by atoms with Crippen LogP contribution in [0, 0.1) is 0 Å². The fourth-order valence-corrected chi connectivity index (χ4v) is 4.05. The Balaban J connectivity index is 2.05. The lowest BCUT2D eigenvalue weighted by Gasteiger charge is -2.37. The average molecular weight is 283 g/mol. The van der Waals surface area contributed by atoms with E-state index >= 15 is 0 Å². The minimum atomic E-state index is -0.521. The first kappa shape index (κ1) is 14.4. The number of methoxy groups -OCH3 is 1. The van der Waals surface area contributed by atoms with Crippen LogP contribution in [-0.2, 0) is 16.6 Å². The Kier molecular flexibility index (Phi) is 4.52. The highest BCUT2D eigenvalue weighted by Crippen LogP contribution is 2.38. The molecule has 6 heteroatoms. The molecule has 2 atom stereocenters. The number of hydrogen-bond donors (Lipinski definition) is 1. The van der Waals surface area contributed by atoms with Crippen LogP contribution in [0.15, 0.2) is 17.3 Å². The number of esters is 1. The van der Waals surface area contributed by atoms with E-state index in [1.165, 1.54) is 7.11 Å². The van der Waals surface area contributed by atoms with Gasteiger partial charge >= 0.3 is 5.97 Å². The van der Waals surface area contributed by atoms with Crippen LogP contribution in [0.1, 0.15) is 25.7 Å². The maximum absolute atomic E-state index is 12.0. The number of nitrogens with one attached hydrogen (secondary N) is 1. The van der Waals surface area contributed by atoms with Gasteiger partial charge in [0.1, 0.15) is 5.54 Å². The summed E-state index contributed by atoms with van der Waals surface area (Å²) in [6.45, 7) is 0. The second-order valence-electron chi connectivity index (χ2n) is 5.01. The van der Waals surface area contributed by atoms with Gasteiger partial charge in [0.05, 0.1) is 13.3 Å². The van der Waals surface area contributed by atoms with E-state index in [4.69, 9.17) is 4.74 Å². The Hall–Kier alpha value is -1.01. The van der Waals surface area contributed by atoms with Crippen LogP contribution in [0.4, 0.5) is 0 Å². The number of ether oxygens (including phenoxy) is 1. The Bertz CT molecular complexity index is 449. The maximum Gasteiger partial charge on any atom is 0.326 e. The molecule has 1 aromatic rings. The number of hydrogen-bond acceptors (Lipinski definition) is 5. The first-order chi connectivity index (χ1) is 9.09. The van der Waals surface area contributed by atoms with E-state index < -0.39 is 5.54 Å². The number of likely N-dealkylation sites (N-methyl/N-ethyl adjacent to an activating group) is 1. The van der Waals surface area contributed by atoms with Crippen LogP contribution >= 0.6 is 11.8 Å². The zero-order chi connectivity index (χ0) is 13.9. The SMILES string of the molecule is CNC1(C(=O)OC)CCCC(Sc2cnn(C)c2)C1. The second kappa shape index (κ2) is 5.96. The molecule has 0 saturated heterocycles. The molecule has 106 valence electrons. The molecule has 1 aliphatic rings. The average Bonchev–Trinajstić information content (AvgIpc) is 2.83. The molecule has 5 nitrogen and oxygen atoms in total. The molecule has 1 aromatic heterocycles. The molecular weight excluding hydrogens is 262 g/mol. The summed E-state index contributed by atoms with van der Waals surface area (Å²) in [5, 5.41) is 7.78. The molecule has 1 fully saturated rings. The first-order valence-corrected chi connectivity index (χ1v) is 7.40. The maximum atomic E-state index is 12.0. The second-order valence-corrected chi connectivity index (χ2v) is 6.38. The highest BCUT2D eigenvalue weighted by atomic mass is 32.2. The third kappa shape index (κ3) is 3.12. The number of thioether (sulfide) groups is 1. The Morgan fingerprint density at radius 3 is 3.05 bits per heavy atom. The zero-order valence-corrected chi connectivity index (χ0v) is 12.5. The molecule has 1 aliphatic carbocycles. The van der Waals surface area contributed by atoms with E-state index in [9.17, 15) is 4.79 Å². The molecule has 0 aliphatic heterocycles. The van der Waals surface area contributed by atoms with E-state index in [0.717, 1.165) is 30.6 Å². The monoisotopic (exact) mass is 283 g/mol. The van der Waals surface area contributed by atoms with E-state index in [0.29, 0.717) is 5.25 Å². The van der Waals surface area contributed by atoms with Crippen LogP contribution < -0.4 is 5.32 Å². The van der Waals surface area contributed by atoms with Crippen molar-refractivity contribution in [3.8, 4) is 0 Å². The summed E-state index contributed by atoms with van der Waals surface area (Å²) < 4.78 is 6.76. The number of aromatic nitrogens is 2. The summed E-state index contributed by atoms with van der Waals surface area (Å²) in [7, 11) is 5.21. The van der Waals surface area contributed by atoms with Crippen LogP contribution in [0.25, 0.3) is 0 Å². The summed E-state index contributed by atoms with van der Waals surface area (Å²) in [6, 6.07) is 0. The lowest BCUT2D eigenvalue weighted by molar-refractivity contribution is -0.149. The van der Waals surface area contributed by atoms with Gasteiger partial charge in [0, 0.05) is 23.4 Å². The van der Waals surface area contributed by atoms with E-state index in [1.54, 1.807) is 16.4 Å². The molecule has 0 radical (unpaired) electrons. The minimum absolute atomic E-state index is 0.147. The van der Waals surface area contributed by atoms with Crippen molar-refractivity contribution in [2.75, 3.05) is 14.2 Å². The molecule has 0 bridgehead atoms. The van der Waals surface area contributed by atoms with Crippen molar-refractivity contribution in [3.05, 3.63) is 12.4 Å². The van der Waals surface area contributed by atoms with Crippen LogP contribution in [0.3, 0.4) is 0 Å². The predicted molar refractivity (Wildman–Crippen MR) is 75.1 cm³/mol. The Morgan fingerprint density at radius 1 is 1.68 bits per heavy atom. The molecule has 0 aromatic carbocycles. The van der Waals surface area contributed by atoms with Crippen LogP contribution in [-0.4, -0.2) is 40.7 Å². The topological polar surface area (TPSA) is 56.1 Å².